The smallest absolute Gasteiger partial charge is 0.218 e. The van der Waals surface area contributed by atoms with Gasteiger partial charge in [-0.1, -0.05) is 0 Å². The molecule has 0 unspecified atom stereocenters. The summed E-state index contributed by atoms with van der Waals surface area (Å²) in [5.74, 6) is 0.294. The zero-order valence-electron chi connectivity index (χ0n) is 11.9. The molecule has 2 aliphatic rings. The zero-order valence-corrected chi connectivity index (χ0v) is 11.9. The van der Waals surface area contributed by atoms with Crippen molar-refractivity contribution in [1.82, 2.24) is 15.2 Å². The summed E-state index contributed by atoms with van der Waals surface area (Å²) < 4.78 is 19.4. The maximum absolute atomic E-state index is 13.4. The maximum atomic E-state index is 13.4. The van der Waals surface area contributed by atoms with Gasteiger partial charge in [-0.25, -0.2) is 9.37 Å². The molecule has 1 aromatic rings. The standard InChI is InChI=1S/C15H22FN3O/c1-19-6-4-14(5-7-19)20-15-11(8-12(16)10-18-15)9-17-13-2-3-13/h8,10,13-14,17H,2-7,9H2,1H3. The Bertz CT molecular complexity index is 456. The van der Waals surface area contributed by atoms with Crippen molar-refractivity contribution >= 4 is 0 Å². The number of pyridine rings is 1. The number of hydrogen-bond donors (Lipinski definition) is 1. The van der Waals surface area contributed by atoms with E-state index in [-0.39, 0.29) is 11.9 Å². The SMILES string of the molecule is CN1CCC(Oc2ncc(F)cc2CNC2CC2)CC1. The summed E-state index contributed by atoms with van der Waals surface area (Å²) in [7, 11) is 2.12. The summed E-state index contributed by atoms with van der Waals surface area (Å²) in [6.07, 6.45) is 5.88. The second-order valence-electron chi connectivity index (χ2n) is 5.89. The van der Waals surface area contributed by atoms with Gasteiger partial charge in [0.1, 0.15) is 11.9 Å². The highest BCUT2D eigenvalue weighted by Gasteiger charge is 2.23. The first-order chi connectivity index (χ1) is 9.70. The van der Waals surface area contributed by atoms with Crippen LogP contribution in [0.25, 0.3) is 0 Å². The van der Waals surface area contributed by atoms with Gasteiger partial charge < -0.3 is 15.0 Å². The van der Waals surface area contributed by atoms with Crippen LogP contribution in [0.1, 0.15) is 31.2 Å². The normalized spacial score (nSPS) is 21.1. The Morgan fingerprint density at radius 3 is 2.80 bits per heavy atom. The Morgan fingerprint density at radius 2 is 2.10 bits per heavy atom. The Balaban J connectivity index is 1.64. The summed E-state index contributed by atoms with van der Waals surface area (Å²) in [4.78, 5) is 6.44. The molecule has 0 atom stereocenters. The van der Waals surface area contributed by atoms with E-state index >= 15 is 0 Å². The summed E-state index contributed by atoms with van der Waals surface area (Å²) in [6, 6.07) is 2.13. The van der Waals surface area contributed by atoms with Crippen molar-refractivity contribution in [3.05, 3.63) is 23.6 Å². The van der Waals surface area contributed by atoms with Crippen LogP contribution >= 0.6 is 0 Å². The van der Waals surface area contributed by atoms with Crippen molar-refractivity contribution in [2.45, 2.75) is 44.4 Å². The summed E-state index contributed by atoms with van der Waals surface area (Å²) in [5, 5.41) is 3.39. The third kappa shape index (κ3) is 3.67. The highest BCUT2D eigenvalue weighted by Crippen LogP contribution is 2.24. The van der Waals surface area contributed by atoms with E-state index in [0.29, 0.717) is 18.5 Å². The summed E-state index contributed by atoms with van der Waals surface area (Å²) >= 11 is 0. The fourth-order valence-electron chi connectivity index (χ4n) is 2.50. The molecule has 2 heterocycles. The van der Waals surface area contributed by atoms with Crippen LogP contribution < -0.4 is 10.1 Å². The van der Waals surface area contributed by atoms with Gasteiger partial charge in [0.25, 0.3) is 0 Å². The van der Waals surface area contributed by atoms with E-state index in [2.05, 4.69) is 22.2 Å². The molecule has 1 saturated carbocycles. The summed E-state index contributed by atoms with van der Waals surface area (Å²) in [5.41, 5.74) is 0.829. The van der Waals surface area contributed by atoms with Crippen LogP contribution in [0.2, 0.25) is 0 Å². The third-order valence-corrected chi connectivity index (χ3v) is 3.99. The van der Waals surface area contributed by atoms with Gasteiger partial charge in [0, 0.05) is 31.2 Å². The van der Waals surface area contributed by atoms with Gasteiger partial charge in [-0.3, -0.25) is 0 Å². The van der Waals surface area contributed by atoms with E-state index in [1.165, 1.54) is 25.1 Å². The lowest BCUT2D eigenvalue weighted by molar-refractivity contribution is 0.108. The predicted molar refractivity (Wildman–Crippen MR) is 75.2 cm³/mol. The lowest BCUT2D eigenvalue weighted by Crippen LogP contribution is -2.36. The molecular weight excluding hydrogens is 257 g/mol. The number of likely N-dealkylation sites (tertiary alicyclic amines) is 1. The molecule has 1 N–H and O–H groups in total. The van der Waals surface area contributed by atoms with Crippen molar-refractivity contribution in [2.75, 3.05) is 20.1 Å². The van der Waals surface area contributed by atoms with Crippen molar-refractivity contribution in [3.8, 4) is 5.88 Å². The first kappa shape index (κ1) is 13.8. The van der Waals surface area contributed by atoms with Crippen molar-refractivity contribution < 1.29 is 9.13 Å². The summed E-state index contributed by atoms with van der Waals surface area (Å²) in [6.45, 7) is 2.72. The van der Waals surface area contributed by atoms with Gasteiger partial charge in [0.2, 0.25) is 5.88 Å². The molecule has 3 rings (SSSR count). The number of ether oxygens (including phenoxy) is 1. The fourth-order valence-corrected chi connectivity index (χ4v) is 2.50. The molecule has 0 bridgehead atoms. The second-order valence-corrected chi connectivity index (χ2v) is 5.89. The molecule has 1 aliphatic carbocycles. The second kappa shape index (κ2) is 6.06. The van der Waals surface area contributed by atoms with Crippen LogP contribution in [0.5, 0.6) is 5.88 Å². The van der Waals surface area contributed by atoms with Crippen LogP contribution in [-0.2, 0) is 6.54 Å². The van der Waals surface area contributed by atoms with E-state index in [1.54, 1.807) is 0 Å². The number of nitrogens with one attached hydrogen (secondary N) is 1. The lowest BCUT2D eigenvalue weighted by Gasteiger charge is -2.29. The molecule has 0 amide bonds. The third-order valence-electron chi connectivity index (χ3n) is 3.99. The van der Waals surface area contributed by atoms with Crippen molar-refractivity contribution in [1.29, 1.82) is 0 Å². The molecule has 1 aliphatic heterocycles. The molecule has 0 radical (unpaired) electrons. The van der Waals surface area contributed by atoms with Crippen LogP contribution in [0.15, 0.2) is 12.3 Å². The Kier molecular flexibility index (Phi) is 4.17. The molecule has 4 nitrogen and oxygen atoms in total. The molecule has 1 aromatic heterocycles. The molecule has 0 aromatic carbocycles. The lowest BCUT2D eigenvalue weighted by atomic mass is 10.1. The van der Waals surface area contributed by atoms with Crippen LogP contribution in [0, 0.1) is 5.82 Å². The Hall–Kier alpha value is -1.20. The van der Waals surface area contributed by atoms with Gasteiger partial charge in [0.05, 0.1) is 6.20 Å². The van der Waals surface area contributed by atoms with E-state index in [4.69, 9.17) is 4.74 Å². The average Bonchev–Trinajstić information content (AvgIpc) is 3.25. The first-order valence-corrected chi connectivity index (χ1v) is 7.44. The molecule has 20 heavy (non-hydrogen) atoms. The minimum atomic E-state index is -0.298. The van der Waals surface area contributed by atoms with Gasteiger partial charge in [-0.05, 0) is 38.8 Å². The largest absolute Gasteiger partial charge is 0.474 e. The predicted octanol–water partition coefficient (Wildman–Crippen LogP) is 1.95. The molecule has 0 spiro atoms. The highest BCUT2D eigenvalue weighted by molar-refractivity contribution is 5.26. The Morgan fingerprint density at radius 1 is 1.35 bits per heavy atom. The quantitative estimate of drug-likeness (QED) is 0.894. The number of hydrogen-bond acceptors (Lipinski definition) is 4. The maximum Gasteiger partial charge on any atom is 0.218 e. The van der Waals surface area contributed by atoms with E-state index in [0.717, 1.165) is 31.5 Å². The van der Waals surface area contributed by atoms with Gasteiger partial charge in [-0.15, -0.1) is 0 Å². The zero-order chi connectivity index (χ0) is 13.9. The van der Waals surface area contributed by atoms with Crippen LogP contribution in [0.4, 0.5) is 4.39 Å². The molecule has 110 valence electrons. The number of rotatable bonds is 5. The minimum absolute atomic E-state index is 0.198. The van der Waals surface area contributed by atoms with Gasteiger partial charge >= 0.3 is 0 Å². The van der Waals surface area contributed by atoms with Crippen LogP contribution in [-0.4, -0.2) is 42.2 Å². The highest BCUT2D eigenvalue weighted by atomic mass is 19.1. The molecule has 2 fully saturated rings. The number of halogens is 1. The fraction of sp³-hybridized carbons (Fsp3) is 0.667. The van der Waals surface area contributed by atoms with Crippen molar-refractivity contribution in [3.63, 3.8) is 0 Å². The van der Waals surface area contributed by atoms with E-state index < -0.39 is 0 Å². The number of piperidine rings is 1. The van der Waals surface area contributed by atoms with E-state index in [1.807, 2.05) is 0 Å². The first-order valence-electron chi connectivity index (χ1n) is 7.44. The number of aromatic nitrogens is 1. The molecular formula is C15H22FN3O. The van der Waals surface area contributed by atoms with Crippen LogP contribution in [0.3, 0.4) is 0 Å². The van der Waals surface area contributed by atoms with Gasteiger partial charge in [0.15, 0.2) is 0 Å². The Labute approximate surface area is 119 Å². The average molecular weight is 279 g/mol. The molecule has 1 saturated heterocycles. The minimum Gasteiger partial charge on any atom is -0.474 e. The number of nitrogens with zero attached hydrogens (tertiary/aromatic N) is 2. The van der Waals surface area contributed by atoms with Gasteiger partial charge in [-0.2, -0.15) is 0 Å². The van der Waals surface area contributed by atoms with E-state index in [9.17, 15) is 4.39 Å². The molecule has 5 heteroatoms. The monoisotopic (exact) mass is 279 g/mol. The topological polar surface area (TPSA) is 37.4 Å². The van der Waals surface area contributed by atoms with Crippen molar-refractivity contribution in [2.24, 2.45) is 0 Å².